The Labute approximate surface area is 66.4 Å². The molecule has 0 bridgehead atoms. The molecular formula is C8H13NO2. The molecule has 0 atom stereocenters. The molecule has 1 aliphatic heterocycles. The lowest BCUT2D eigenvalue weighted by Crippen LogP contribution is -2.20. The molecule has 0 spiro atoms. The number of cyclic esters (lactones) is 1. The quantitative estimate of drug-likeness (QED) is 0.450. The van der Waals surface area contributed by atoms with Gasteiger partial charge in [0.15, 0.2) is 0 Å². The molecule has 0 radical (unpaired) electrons. The number of rotatable bonds is 1. The Bertz CT molecular complexity index is 196. The van der Waals surface area contributed by atoms with Gasteiger partial charge in [-0.25, -0.2) is 4.79 Å². The molecule has 3 nitrogen and oxygen atoms in total. The maximum atomic E-state index is 11.1. The van der Waals surface area contributed by atoms with Crippen molar-refractivity contribution in [2.75, 3.05) is 13.7 Å². The van der Waals surface area contributed by atoms with Crippen molar-refractivity contribution in [2.45, 2.75) is 19.8 Å². The van der Waals surface area contributed by atoms with Crippen LogP contribution in [0.5, 0.6) is 0 Å². The third-order valence-electron chi connectivity index (χ3n) is 1.88. The molecule has 3 heteroatoms. The van der Waals surface area contributed by atoms with E-state index in [1.54, 1.807) is 0 Å². The molecule has 62 valence electrons. The number of hydrogen-bond acceptors (Lipinski definition) is 3. The van der Waals surface area contributed by atoms with Crippen LogP contribution in [0.15, 0.2) is 11.3 Å². The number of carbonyl (C=O) groups is 1. The van der Waals surface area contributed by atoms with E-state index in [-0.39, 0.29) is 5.97 Å². The van der Waals surface area contributed by atoms with Crippen molar-refractivity contribution < 1.29 is 9.53 Å². The number of allylic oxidation sites excluding steroid dienone is 1. The summed E-state index contributed by atoms with van der Waals surface area (Å²) in [4.78, 5) is 11.1. The maximum Gasteiger partial charge on any atom is 0.335 e. The van der Waals surface area contributed by atoms with E-state index in [1.165, 1.54) is 0 Å². The first-order chi connectivity index (χ1) is 5.25. The summed E-state index contributed by atoms with van der Waals surface area (Å²) in [5.41, 5.74) is 1.72. The van der Waals surface area contributed by atoms with Crippen LogP contribution in [0.25, 0.3) is 0 Å². The monoisotopic (exact) mass is 155 g/mol. The van der Waals surface area contributed by atoms with Crippen LogP contribution < -0.4 is 5.32 Å². The van der Waals surface area contributed by atoms with Crippen LogP contribution >= 0.6 is 0 Å². The number of esters is 1. The van der Waals surface area contributed by atoms with Gasteiger partial charge in [0.05, 0.1) is 12.2 Å². The van der Waals surface area contributed by atoms with Crippen LogP contribution in [0.4, 0.5) is 0 Å². The summed E-state index contributed by atoms with van der Waals surface area (Å²) >= 11 is 0. The molecule has 0 unspecified atom stereocenters. The van der Waals surface area contributed by atoms with Crippen molar-refractivity contribution in [2.24, 2.45) is 0 Å². The SMILES string of the molecule is CN/C(C)=C1/CCCOC1=O. The number of carbonyl (C=O) groups excluding carboxylic acids is 1. The molecule has 1 fully saturated rings. The van der Waals surface area contributed by atoms with Crippen LogP contribution in [0.2, 0.25) is 0 Å². The smallest absolute Gasteiger partial charge is 0.335 e. The molecule has 0 aliphatic carbocycles. The molecule has 1 rings (SSSR count). The van der Waals surface area contributed by atoms with Gasteiger partial charge in [0.2, 0.25) is 0 Å². The summed E-state index contributed by atoms with van der Waals surface area (Å²) in [7, 11) is 1.81. The normalized spacial score (nSPS) is 22.5. The molecule has 1 N–H and O–H groups in total. The van der Waals surface area contributed by atoms with Crippen LogP contribution in [-0.2, 0) is 9.53 Å². The zero-order valence-electron chi connectivity index (χ0n) is 6.94. The standard InChI is InChI=1S/C8H13NO2/c1-6(9-2)7-4-3-5-11-8(7)10/h9H,3-5H2,1-2H3/b7-6-. The Balaban J connectivity index is 2.75. The fourth-order valence-corrected chi connectivity index (χ4v) is 1.09. The van der Waals surface area contributed by atoms with E-state index in [1.807, 2.05) is 14.0 Å². The highest BCUT2D eigenvalue weighted by Crippen LogP contribution is 2.16. The minimum Gasteiger partial charge on any atom is -0.462 e. The fourth-order valence-electron chi connectivity index (χ4n) is 1.09. The Morgan fingerprint density at radius 2 is 2.36 bits per heavy atom. The summed E-state index contributed by atoms with van der Waals surface area (Å²) in [6.07, 6.45) is 1.78. The van der Waals surface area contributed by atoms with Crippen LogP contribution in [-0.4, -0.2) is 19.6 Å². The highest BCUT2D eigenvalue weighted by molar-refractivity contribution is 5.89. The molecule has 0 aromatic carbocycles. The molecule has 0 aromatic rings. The molecule has 1 saturated heterocycles. The molecule has 0 saturated carbocycles. The Kier molecular flexibility index (Phi) is 2.52. The van der Waals surface area contributed by atoms with Gasteiger partial charge in [0.25, 0.3) is 0 Å². The molecule has 11 heavy (non-hydrogen) atoms. The van der Waals surface area contributed by atoms with Gasteiger partial charge in [-0.1, -0.05) is 0 Å². The average Bonchev–Trinajstić information content (AvgIpc) is 2.04. The van der Waals surface area contributed by atoms with Crippen molar-refractivity contribution in [3.05, 3.63) is 11.3 Å². The van der Waals surface area contributed by atoms with Gasteiger partial charge in [-0.05, 0) is 19.8 Å². The molecule has 0 aromatic heterocycles. The van der Waals surface area contributed by atoms with Crippen molar-refractivity contribution in [3.8, 4) is 0 Å². The summed E-state index contributed by atoms with van der Waals surface area (Å²) < 4.78 is 4.88. The zero-order valence-corrected chi connectivity index (χ0v) is 6.94. The van der Waals surface area contributed by atoms with Gasteiger partial charge in [0, 0.05) is 12.7 Å². The van der Waals surface area contributed by atoms with Crippen molar-refractivity contribution in [1.29, 1.82) is 0 Å². The van der Waals surface area contributed by atoms with Gasteiger partial charge in [-0.3, -0.25) is 0 Å². The minimum absolute atomic E-state index is 0.164. The molecule has 0 amide bonds. The van der Waals surface area contributed by atoms with Crippen molar-refractivity contribution in [1.82, 2.24) is 5.32 Å². The van der Waals surface area contributed by atoms with Gasteiger partial charge < -0.3 is 10.1 Å². The lowest BCUT2D eigenvalue weighted by atomic mass is 10.1. The second kappa shape index (κ2) is 3.42. The van der Waals surface area contributed by atoms with Gasteiger partial charge in [-0.2, -0.15) is 0 Å². The van der Waals surface area contributed by atoms with Gasteiger partial charge in [0.1, 0.15) is 0 Å². The summed E-state index contributed by atoms with van der Waals surface area (Å²) in [5.74, 6) is -0.164. The topological polar surface area (TPSA) is 38.3 Å². The summed E-state index contributed by atoms with van der Waals surface area (Å²) in [6, 6.07) is 0. The second-order valence-electron chi connectivity index (χ2n) is 2.59. The first-order valence-electron chi connectivity index (χ1n) is 3.80. The number of hydrogen-bond donors (Lipinski definition) is 1. The van der Waals surface area contributed by atoms with Crippen LogP contribution in [0.3, 0.4) is 0 Å². The zero-order chi connectivity index (χ0) is 8.27. The van der Waals surface area contributed by atoms with Gasteiger partial charge >= 0.3 is 5.97 Å². The molecule has 1 heterocycles. The first-order valence-corrected chi connectivity index (χ1v) is 3.80. The number of ether oxygens (including phenoxy) is 1. The van der Waals surface area contributed by atoms with E-state index in [9.17, 15) is 4.79 Å². The van der Waals surface area contributed by atoms with Crippen molar-refractivity contribution >= 4 is 5.97 Å². The molecular weight excluding hydrogens is 142 g/mol. The van der Waals surface area contributed by atoms with Gasteiger partial charge in [-0.15, -0.1) is 0 Å². The number of nitrogens with one attached hydrogen (secondary N) is 1. The lowest BCUT2D eigenvalue weighted by molar-refractivity contribution is -0.141. The predicted molar refractivity (Wildman–Crippen MR) is 42.0 cm³/mol. The first kappa shape index (κ1) is 8.11. The van der Waals surface area contributed by atoms with E-state index in [0.29, 0.717) is 6.61 Å². The highest BCUT2D eigenvalue weighted by atomic mass is 16.5. The third-order valence-corrected chi connectivity index (χ3v) is 1.88. The van der Waals surface area contributed by atoms with E-state index in [2.05, 4.69) is 5.32 Å². The maximum absolute atomic E-state index is 11.1. The summed E-state index contributed by atoms with van der Waals surface area (Å²) in [6.45, 7) is 2.46. The van der Waals surface area contributed by atoms with E-state index in [0.717, 1.165) is 24.1 Å². The average molecular weight is 155 g/mol. The Morgan fingerprint density at radius 3 is 2.91 bits per heavy atom. The minimum atomic E-state index is -0.164. The fraction of sp³-hybridized carbons (Fsp3) is 0.625. The van der Waals surface area contributed by atoms with E-state index in [4.69, 9.17) is 4.74 Å². The van der Waals surface area contributed by atoms with E-state index < -0.39 is 0 Å². The lowest BCUT2D eigenvalue weighted by Gasteiger charge is -2.16. The Hall–Kier alpha value is -0.990. The summed E-state index contributed by atoms with van der Waals surface area (Å²) in [5, 5.41) is 2.94. The molecule has 1 aliphatic rings. The van der Waals surface area contributed by atoms with Crippen LogP contribution in [0, 0.1) is 0 Å². The van der Waals surface area contributed by atoms with E-state index >= 15 is 0 Å². The largest absolute Gasteiger partial charge is 0.462 e. The second-order valence-corrected chi connectivity index (χ2v) is 2.59. The van der Waals surface area contributed by atoms with Crippen LogP contribution in [0.1, 0.15) is 19.8 Å². The van der Waals surface area contributed by atoms with Crippen molar-refractivity contribution in [3.63, 3.8) is 0 Å². The predicted octanol–water partition coefficient (Wildman–Crippen LogP) is 0.817. The highest BCUT2D eigenvalue weighted by Gasteiger charge is 2.18. The third kappa shape index (κ3) is 1.73. The Morgan fingerprint density at radius 1 is 1.64 bits per heavy atom.